The molecule has 0 nitrogen and oxygen atoms in total. The van der Waals surface area contributed by atoms with Crippen molar-refractivity contribution in [1.82, 2.24) is 0 Å². The van der Waals surface area contributed by atoms with Crippen LogP contribution in [0.1, 0.15) is 50.5 Å². The molecule has 22 heavy (non-hydrogen) atoms. The minimum absolute atomic E-state index is 0. The molecular formula is C19H48RbY2-2. The first-order valence-electron chi connectivity index (χ1n) is 3.71. The SMILES string of the molecule is C.C.C.C.CC.[CH2-]C.[CH3-].[CH3-].[CH3-].[CH3-].[CH3-].[Rb+].[Y+3].[Y].c1ccccc1. The Hall–Kier alpha value is 3.23. The average molecular weight is 540 g/mol. The molecule has 0 aromatic heterocycles. The van der Waals surface area contributed by atoms with Gasteiger partial charge in [-0.05, 0) is 0 Å². The second-order valence-corrected chi connectivity index (χ2v) is 1.15. The maximum atomic E-state index is 3.25. The van der Waals surface area contributed by atoms with E-state index < -0.39 is 0 Å². The molecular weight excluding hydrogens is 491 g/mol. The van der Waals surface area contributed by atoms with Crippen LogP contribution in [0, 0.1) is 44.1 Å². The maximum absolute atomic E-state index is 3.25. The van der Waals surface area contributed by atoms with Crippen LogP contribution in [0.5, 0.6) is 0 Å². The van der Waals surface area contributed by atoms with Crippen LogP contribution in [0.15, 0.2) is 36.4 Å². The summed E-state index contributed by atoms with van der Waals surface area (Å²) in [7, 11) is 0. The van der Waals surface area contributed by atoms with Crippen molar-refractivity contribution in [2.45, 2.75) is 50.5 Å². The van der Waals surface area contributed by atoms with Crippen molar-refractivity contribution >= 4 is 0 Å². The van der Waals surface area contributed by atoms with Crippen molar-refractivity contribution in [3.63, 3.8) is 0 Å². The van der Waals surface area contributed by atoms with E-state index in [4.69, 9.17) is 0 Å². The van der Waals surface area contributed by atoms with Gasteiger partial charge in [-0.2, -0.15) is 6.92 Å². The third-order valence-corrected chi connectivity index (χ3v) is 0.667. The second kappa shape index (κ2) is 153. The number of hydrogen-bond donors (Lipinski definition) is 0. The van der Waals surface area contributed by atoms with E-state index in [0.29, 0.717) is 0 Å². The standard InChI is InChI=1S/C6H6.C2H6.C2H5.4CH4.5CH3.Rb.2Y/c1-2-4-6-5-3-1;2*1-2;;;;;;;;;;;;/h1-6H;1-2H3;1H2,2H3;4*1H4;5*1H3;;;/q;;-1;;;;;5*-1;+1;;+3. The Kier molecular flexibility index (Phi) is 819. The van der Waals surface area contributed by atoms with Crippen LogP contribution in [0.3, 0.4) is 0 Å². The van der Waals surface area contributed by atoms with E-state index in [-0.39, 0.29) is 190 Å². The zero-order valence-corrected chi connectivity index (χ0v) is 24.9. The Morgan fingerprint density at radius 2 is 0.545 bits per heavy atom. The van der Waals surface area contributed by atoms with Gasteiger partial charge in [0.25, 0.3) is 0 Å². The molecule has 0 aliphatic rings. The van der Waals surface area contributed by atoms with E-state index in [1.54, 1.807) is 6.92 Å². The molecule has 0 saturated heterocycles. The molecule has 1 rings (SSSR count). The first-order chi connectivity index (χ1) is 5.00. The molecule has 0 N–H and O–H groups in total. The van der Waals surface area contributed by atoms with Gasteiger partial charge in [-0.25, -0.2) is 0 Å². The summed E-state index contributed by atoms with van der Waals surface area (Å²) in [5, 5.41) is 0. The Balaban J connectivity index is -0.00000000317. The summed E-state index contributed by atoms with van der Waals surface area (Å²) < 4.78 is 0. The van der Waals surface area contributed by atoms with Crippen molar-refractivity contribution in [1.29, 1.82) is 0 Å². The van der Waals surface area contributed by atoms with E-state index >= 15 is 0 Å². The smallest absolute Gasteiger partial charge is 0.358 e. The zero-order valence-electron chi connectivity index (χ0n) is 14.3. The van der Waals surface area contributed by atoms with Crippen LogP contribution < -0.4 is 58.2 Å². The average Bonchev–Trinajstić information content (AvgIpc) is 2.14. The fraction of sp³-hybridized carbons (Fsp3) is 0.368. The first kappa shape index (κ1) is 117. The van der Waals surface area contributed by atoms with Crippen LogP contribution in [0.2, 0.25) is 0 Å². The molecule has 0 saturated carbocycles. The van der Waals surface area contributed by atoms with Gasteiger partial charge < -0.3 is 44.1 Å². The van der Waals surface area contributed by atoms with Gasteiger partial charge in [-0.1, -0.05) is 80.0 Å². The van der Waals surface area contributed by atoms with E-state index in [1.807, 2.05) is 50.2 Å². The molecule has 0 heterocycles. The van der Waals surface area contributed by atoms with Gasteiger partial charge in [0.1, 0.15) is 0 Å². The van der Waals surface area contributed by atoms with Crippen molar-refractivity contribution < 1.29 is 124 Å². The molecule has 1 aromatic rings. The van der Waals surface area contributed by atoms with Gasteiger partial charge in [-0.15, -0.1) is 0 Å². The predicted octanol–water partition coefficient (Wildman–Crippen LogP) is 5.35. The summed E-state index contributed by atoms with van der Waals surface area (Å²) in [4.78, 5) is 0. The van der Waals surface area contributed by atoms with Crippen LogP contribution in [-0.2, 0) is 65.4 Å². The molecule has 0 spiro atoms. The molecule has 3 heteroatoms. The van der Waals surface area contributed by atoms with Crippen LogP contribution >= 0.6 is 0 Å². The van der Waals surface area contributed by atoms with Gasteiger partial charge in [0.2, 0.25) is 0 Å². The molecule has 133 valence electrons. The molecule has 1 radical (unpaired) electrons. The quantitative estimate of drug-likeness (QED) is 0.390. The van der Waals surface area contributed by atoms with Gasteiger partial charge in [0, 0.05) is 32.7 Å². The van der Waals surface area contributed by atoms with E-state index in [1.165, 1.54) is 0 Å². The molecule has 0 unspecified atom stereocenters. The zero-order chi connectivity index (χ0) is 8.24. The monoisotopic (exact) mass is 539 g/mol. The molecule has 0 atom stereocenters. The fourth-order valence-electron chi connectivity index (χ4n) is 0.385. The minimum Gasteiger partial charge on any atom is -0.358 e. The summed E-state index contributed by atoms with van der Waals surface area (Å²) in [6.45, 7) is 9.00. The molecule has 0 fully saturated rings. The minimum atomic E-state index is 0. The second-order valence-electron chi connectivity index (χ2n) is 1.15. The van der Waals surface area contributed by atoms with Crippen molar-refractivity contribution in [3.8, 4) is 0 Å². The normalized spacial score (nSPS) is 2.73. The van der Waals surface area contributed by atoms with Crippen LogP contribution in [0.25, 0.3) is 0 Å². The summed E-state index contributed by atoms with van der Waals surface area (Å²) in [5.74, 6) is 0. The van der Waals surface area contributed by atoms with Crippen molar-refractivity contribution in [2.24, 2.45) is 0 Å². The largest absolute Gasteiger partial charge is 3.00 e. The number of benzene rings is 1. The Labute approximate surface area is 249 Å². The Morgan fingerprint density at radius 3 is 0.591 bits per heavy atom. The summed E-state index contributed by atoms with van der Waals surface area (Å²) in [5.41, 5.74) is 0. The molecule has 0 amide bonds. The summed E-state index contributed by atoms with van der Waals surface area (Å²) >= 11 is 0. The van der Waals surface area contributed by atoms with E-state index in [2.05, 4.69) is 6.92 Å². The van der Waals surface area contributed by atoms with Gasteiger partial charge in [0.15, 0.2) is 0 Å². The van der Waals surface area contributed by atoms with E-state index in [0.717, 1.165) is 0 Å². The summed E-state index contributed by atoms with van der Waals surface area (Å²) in [6, 6.07) is 12.0. The number of rotatable bonds is 0. The van der Waals surface area contributed by atoms with Crippen LogP contribution in [-0.4, -0.2) is 0 Å². The first-order valence-corrected chi connectivity index (χ1v) is 3.71. The summed E-state index contributed by atoms with van der Waals surface area (Å²) in [6.07, 6.45) is 0. The molecule has 1 aromatic carbocycles. The van der Waals surface area contributed by atoms with Crippen molar-refractivity contribution in [3.05, 3.63) is 80.5 Å². The fourth-order valence-corrected chi connectivity index (χ4v) is 0.385. The molecule has 0 bridgehead atoms. The predicted molar refractivity (Wildman–Crippen MR) is 108 cm³/mol. The number of hydrogen-bond acceptors (Lipinski definition) is 0. The van der Waals surface area contributed by atoms with Gasteiger partial charge in [0.05, 0.1) is 0 Å². The maximum Gasteiger partial charge on any atom is 3.00 e. The molecule has 0 aliphatic carbocycles. The third-order valence-electron chi connectivity index (χ3n) is 0.667. The topological polar surface area (TPSA) is 0 Å². The molecule has 0 aliphatic heterocycles. The van der Waals surface area contributed by atoms with Crippen molar-refractivity contribution in [2.75, 3.05) is 0 Å². The Bertz CT molecular complexity index is 87.4. The van der Waals surface area contributed by atoms with E-state index in [9.17, 15) is 0 Å². The van der Waals surface area contributed by atoms with Crippen LogP contribution in [0.4, 0.5) is 0 Å². The third kappa shape index (κ3) is 135. The van der Waals surface area contributed by atoms with Gasteiger partial charge in [-0.3, -0.25) is 0 Å². The Morgan fingerprint density at radius 1 is 0.500 bits per heavy atom. The van der Waals surface area contributed by atoms with Gasteiger partial charge >= 0.3 is 90.9 Å².